The lowest BCUT2D eigenvalue weighted by atomic mass is 9.97. The molecule has 0 unspecified atom stereocenters. The fourth-order valence-corrected chi connectivity index (χ4v) is 3.06. The maximum Gasteiger partial charge on any atom is 0.306 e. The molecular formula is C18H23ClFN3O3. The number of carboxylic acids is 1. The fraction of sp³-hybridized carbons (Fsp3) is 0.500. The highest BCUT2D eigenvalue weighted by atomic mass is 35.5. The molecule has 0 radical (unpaired) electrons. The van der Waals surface area contributed by atoms with Crippen molar-refractivity contribution in [3.05, 3.63) is 35.5 Å². The number of nitrogens with zero attached hydrogens (tertiary/aromatic N) is 3. The smallest absolute Gasteiger partial charge is 0.306 e. The maximum absolute atomic E-state index is 13.6. The van der Waals surface area contributed by atoms with Gasteiger partial charge in [0.25, 0.3) is 0 Å². The lowest BCUT2D eigenvalue weighted by Crippen LogP contribution is -2.36. The number of piperidine rings is 1. The second kappa shape index (κ2) is 9.09. The molecule has 0 atom stereocenters. The Labute approximate surface area is 157 Å². The Morgan fingerprint density at radius 3 is 2.77 bits per heavy atom. The van der Waals surface area contributed by atoms with Crippen molar-refractivity contribution in [1.82, 2.24) is 15.0 Å². The number of hydrogen-bond acceptors (Lipinski definition) is 5. The van der Waals surface area contributed by atoms with Crippen LogP contribution in [0.15, 0.2) is 22.7 Å². The first-order valence-corrected chi connectivity index (χ1v) is 8.57. The molecule has 1 aliphatic rings. The number of hydrogen-bond donors (Lipinski definition) is 1. The zero-order chi connectivity index (χ0) is 17.8. The van der Waals surface area contributed by atoms with Gasteiger partial charge in [-0.05, 0) is 57.5 Å². The Morgan fingerprint density at radius 1 is 1.38 bits per heavy atom. The molecule has 0 spiro atoms. The van der Waals surface area contributed by atoms with Crippen molar-refractivity contribution in [3.63, 3.8) is 0 Å². The van der Waals surface area contributed by atoms with Crippen molar-refractivity contribution >= 4 is 18.4 Å². The molecule has 1 aliphatic heterocycles. The van der Waals surface area contributed by atoms with E-state index in [2.05, 4.69) is 15.0 Å². The Balaban J connectivity index is 0.00000243. The fourth-order valence-electron chi connectivity index (χ4n) is 3.06. The molecule has 26 heavy (non-hydrogen) atoms. The molecule has 6 nitrogen and oxygen atoms in total. The van der Waals surface area contributed by atoms with Crippen LogP contribution in [0, 0.1) is 18.7 Å². The Morgan fingerprint density at radius 2 is 2.12 bits per heavy atom. The van der Waals surface area contributed by atoms with Crippen LogP contribution in [0.25, 0.3) is 11.4 Å². The predicted octanol–water partition coefficient (Wildman–Crippen LogP) is 3.34. The van der Waals surface area contributed by atoms with Gasteiger partial charge in [-0.1, -0.05) is 17.3 Å². The van der Waals surface area contributed by atoms with Gasteiger partial charge in [0.15, 0.2) is 0 Å². The molecule has 3 rings (SSSR count). The minimum atomic E-state index is -0.689. The number of carboxylic acid groups (broad SMARTS) is 1. The van der Waals surface area contributed by atoms with Gasteiger partial charge in [-0.2, -0.15) is 4.98 Å². The van der Waals surface area contributed by atoms with Gasteiger partial charge in [0.1, 0.15) is 5.82 Å². The van der Waals surface area contributed by atoms with Crippen LogP contribution in [0.1, 0.15) is 30.7 Å². The zero-order valence-corrected chi connectivity index (χ0v) is 15.5. The number of likely N-dealkylation sites (tertiary alicyclic amines) is 1. The third kappa shape index (κ3) is 5.02. The van der Waals surface area contributed by atoms with Gasteiger partial charge >= 0.3 is 5.97 Å². The first kappa shape index (κ1) is 20.3. The number of carbonyl (C=O) groups is 1. The second-order valence-corrected chi connectivity index (χ2v) is 6.53. The van der Waals surface area contributed by atoms with E-state index in [1.807, 2.05) is 0 Å². The monoisotopic (exact) mass is 383 g/mol. The second-order valence-electron chi connectivity index (χ2n) is 6.53. The SMILES string of the molecule is Cc1ccc(-c2noc(CCCN3CCC(C(=O)O)CC3)n2)cc1F.Cl. The van der Waals surface area contributed by atoms with E-state index < -0.39 is 5.97 Å². The van der Waals surface area contributed by atoms with Crippen LogP contribution in [0.4, 0.5) is 4.39 Å². The molecule has 142 valence electrons. The number of aromatic nitrogens is 2. The molecule has 1 aromatic heterocycles. The Hall–Kier alpha value is -1.99. The normalized spacial score (nSPS) is 15.6. The van der Waals surface area contributed by atoms with Gasteiger partial charge < -0.3 is 14.5 Å². The zero-order valence-electron chi connectivity index (χ0n) is 14.7. The third-order valence-corrected chi connectivity index (χ3v) is 4.70. The summed E-state index contributed by atoms with van der Waals surface area (Å²) in [6.45, 7) is 4.21. The van der Waals surface area contributed by atoms with Gasteiger partial charge in [0.05, 0.1) is 5.92 Å². The van der Waals surface area contributed by atoms with Crippen LogP contribution in [-0.2, 0) is 11.2 Å². The molecule has 0 bridgehead atoms. The molecule has 1 saturated heterocycles. The van der Waals surface area contributed by atoms with Crippen LogP contribution in [0.5, 0.6) is 0 Å². The van der Waals surface area contributed by atoms with E-state index in [1.165, 1.54) is 6.07 Å². The number of benzene rings is 1. The van der Waals surface area contributed by atoms with Gasteiger partial charge in [0, 0.05) is 12.0 Å². The maximum atomic E-state index is 13.6. The van der Waals surface area contributed by atoms with Crippen LogP contribution < -0.4 is 0 Å². The van der Waals surface area contributed by atoms with Gasteiger partial charge in [-0.15, -0.1) is 12.4 Å². The van der Waals surface area contributed by atoms with Crippen molar-refractivity contribution < 1.29 is 18.8 Å². The quantitative estimate of drug-likeness (QED) is 0.824. The Bertz CT molecular complexity index is 745. The number of aryl methyl sites for hydroxylation is 2. The van der Waals surface area contributed by atoms with Crippen LogP contribution in [0.3, 0.4) is 0 Å². The first-order chi connectivity index (χ1) is 12.0. The summed E-state index contributed by atoms with van der Waals surface area (Å²) in [6.07, 6.45) is 2.93. The van der Waals surface area contributed by atoms with Gasteiger partial charge in [-0.25, -0.2) is 4.39 Å². The topological polar surface area (TPSA) is 79.5 Å². The summed E-state index contributed by atoms with van der Waals surface area (Å²) < 4.78 is 18.9. The van der Waals surface area contributed by atoms with Crippen LogP contribution in [-0.4, -0.2) is 45.8 Å². The van der Waals surface area contributed by atoms with Crippen molar-refractivity contribution in [1.29, 1.82) is 0 Å². The highest BCUT2D eigenvalue weighted by Crippen LogP contribution is 2.20. The van der Waals surface area contributed by atoms with E-state index in [0.29, 0.717) is 42.1 Å². The van der Waals surface area contributed by atoms with Crippen molar-refractivity contribution in [2.75, 3.05) is 19.6 Å². The average molecular weight is 384 g/mol. The average Bonchev–Trinajstić information content (AvgIpc) is 3.07. The number of aliphatic carboxylic acids is 1. The summed E-state index contributed by atoms with van der Waals surface area (Å²) in [5.41, 5.74) is 1.19. The molecule has 0 amide bonds. The molecule has 2 aromatic rings. The lowest BCUT2D eigenvalue weighted by Gasteiger charge is -2.29. The van der Waals surface area contributed by atoms with E-state index in [9.17, 15) is 9.18 Å². The van der Waals surface area contributed by atoms with Gasteiger partial charge in [0.2, 0.25) is 11.7 Å². The molecular weight excluding hydrogens is 361 g/mol. The van der Waals surface area contributed by atoms with E-state index in [1.54, 1.807) is 19.1 Å². The summed E-state index contributed by atoms with van der Waals surface area (Å²) in [5, 5.41) is 12.9. The van der Waals surface area contributed by atoms with E-state index >= 15 is 0 Å². The molecule has 2 heterocycles. The van der Waals surface area contributed by atoms with E-state index in [-0.39, 0.29) is 24.1 Å². The summed E-state index contributed by atoms with van der Waals surface area (Å²) >= 11 is 0. The summed E-state index contributed by atoms with van der Waals surface area (Å²) in [7, 11) is 0. The first-order valence-electron chi connectivity index (χ1n) is 8.57. The van der Waals surface area contributed by atoms with Gasteiger partial charge in [-0.3, -0.25) is 4.79 Å². The predicted molar refractivity (Wildman–Crippen MR) is 96.8 cm³/mol. The van der Waals surface area contributed by atoms with E-state index in [4.69, 9.17) is 9.63 Å². The largest absolute Gasteiger partial charge is 0.481 e. The summed E-state index contributed by atoms with van der Waals surface area (Å²) in [5.74, 6) is -0.239. The highest BCUT2D eigenvalue weighted by Gasteiger charge is 2.24. The van der Waals surface area contributed by atoms with Crippen LogP contribution >= 0.6 is 12.4 Å². The molecule has 1 N–H and O–H groups in total. The summed E-state index contributed by atoms with van der Waals surface area (Å²) in [4.78, 5) is 17.5. The van der Waals surface area contributed by atoms with Crippen LogP contribution in [0.2, 0.25) is 0 Å². The third-order valence-electron chi connectivity index (χ3n) is 4.70. The van der Waals surface area contributed by atoms with E-state index in [0.717, 1.165) is 26.1 Å². The molecule has 1 aromatic carbocycles. The van der Waals surface area contributed by atoms with Crippen molar-refractivity contribution in [2.45, 2.75) is 32.6 Å². The van der Waals surface area contributed by atoms with Crippen molar-refractivity contribution in [2.24, 2.45) is 5.92 Å². The molecule has 8 heteroatoms. The molecule has 0 aliphatic carbocycles. The van der Waals surface area contributed by atoms with Crippen molar-refractivity contribution in [3.8, 4) is 11.4 Å². The minimum absolute atomic E-state index is 0. The molecule has 1 fully saturated rings. The minimum Gasteiger partial charge on any atom is -0.481 e. The standard InChI is InChI=1S/C18H22FN3O3.ClH/c1-12-4-5-14(11-15(12)19)17-20-16(25-21-17)3-2-8-22-9-6-13(7-10-22)18(23)24;/h4-5,11,13H,2-3,6-10H2,1H3,(H,23,24);1H. The summed E-state index contributed by atoms with van der Waals surface area (Å²) in [6, 6.07) is 4.89. The highest BCUT2D eigenvalue weighted by molar-refractivity contribution is 5.85. The number of halogens is 2. The lowest BCUT2D eigenvalue weighted by molar-refractivity contribution is -0.143. The molecule has 0 saturated carbocycles. The number of rotatable bonds is 6. The Kier molecular flexibility index (Phi) is 7.11.